The average Bonchev–Trinajstić information content (AvgIpc) is 2.60. The quantitative estimate of drug-likeness (QED) is 0.567. The number of hydrazine groups is 1. The van der Waals surface area contributed by atoms with Gasteiger partial charge in [0.2, 0.25) is 11.8 Å². The molecule has 2 aromatic rings. The van der Waals surface area contributed by atoms with E-state index in [2.05, 4.69) is 33.0 Å². The predicted molar refractivity (Wildman–Crippen MR) is 98.0 cm³/mol. The zero-order valence-electron chi connectivity index (χ0n) is 14.2. The Morgan fingerprint density at radius 3 is 2.35 bits per heavy atom. The third kappa shape index (κ3) is 6.08. The van der Waals surface area contributed by atoms with Crippen LogP contribution in [-0.4, -0.2) is 22.7 Å². The lowest BCUT2D eigenvalue weighted by atomic mass is 10.2. The van der Waals surface area contributed by atoms with E-state index < -0.39 is 5.91 Å². The molecule has 8 nitrogen and oxygen atoms in total. The molecule has 1 aromatic carbocycles. The number of hydrogen-bond acceptors (Lipinski definition) is 5. The number of nitrogens with one attached hydrogen (secondary N) is 4. The van der Waals surface area contributed by atoms with Crippen molar-refractivity contribution in [1.29, 1.82) is 0 Å². The van der Waals surface area contributed by atoms with E-state index in [0.29, 0.717) is 22.6 Å². The first-order valence-corrected chi connectivity index (χ1v) is 7.75. The maximum absolute atomic E-state index is 12.0. The highest BCUT2D eigenvalue weighted by molar-refractivity contribution is 5.95. The topological polar surface area (TPSA) is 112 Å². The van der Waals surface area contributed by atoms with Crippen molar-refractivity contribution in [2.75, 3.05) is 10.6 Å². The van der Waals surface area contributed by atoms with Gasteiger partial charge in [-0.15, -0.1) is 0 Å². The van der Waals surface area contributed by atoms with E-state index in [-0.39, 0.29) is 18.2 Å². The molecule has 0 aliphatic heterocycles. The predicted octanol–water partition coefficient (Wildman–Crippen LogP) is 1.82. The third-order valence-corrected chi connectivity index (χ3v) is 3.14. The van der Waals surface area contributed by atoms with Crippen LogP contribution in [0.5, 0.6) is 0 Å². The first-order chi connectivity index (χ1) is 12.4. The molecule has 2 rings (SSSR count). The second-order valence-electron chi connectivity index (χ2n) is 5.41. The number of carbonyl (C=O) groups is 3. The van der Waals surface area contributed by atoms with Crippen LogP contribution in [0.3, 0.4) is 0 Å². The number of pyridine rings is 1. The molecular weight excluding hydrogens is 334 g/mol. The number of hydrogen-bond donors (Lipinski definition) is 4. The van der Waals surface area contributed by atoms with E-state index in [1.165, 1.54) is 13.1 Å². The van der Waals surface area contributed by atoms with E-state index in [1.807, 2.05) is 0 Å². The van der Waals surface area contributed by atoms with Crippen LogP contribution in [0.4, 0.5) is 11.4 Å². The Bertz CT molecular complexity index is 803. The minimum absolute atomic E-state index is 0.0172. The lowest BCUT2D eigenvalue weighted by molar-refractivity contribution is -0.116. The molecule has 0 unspecified atom stereocenters. The van der Waals surface area contributed by atoms with Crippen molar-refractivity contribution in [1.82, 2.24) is 15.8 Å². The standard InChI is InChI=1S/C18H19N5O3/c1-12(10-17(25)21-16-4-3-9-19-11-16)22-23-18(26)14-5-7-15(8-6-14)20-13(2)24/h3-9,11,22H,1,10H2,2H3,(H,20,24)(H,21,25)(H,23,26). The Hall–Kier alpha value is -3.68. The number of rotatable bonds is 7. The van der Waals surface area contributed by atoms with Gasteiger partial charge in [-0.25, -0.2) is 0 Å². The number of anilines is 2. The number of carbonyl (C=O) groups excluding carboxylic acids is 3. The maximum Gasteiger partial charge on any atom is 0.269 e. The zero-order valence-corrected chi connectivity index (χ0v) is 14.2. The summed E-state index contributed by atoms with van der Waals surface area (Å²) in [5, 5.41) is 5.28. The molecular formula is C18H19N5O3. The van der Waals surface area contributed by atoms with Crippen molar-refractivity contribution in [3.05, 3.63) is 66.6 Å². The summed E-state index contributed by atoms with van der Waals surface area (Å²) >= 11 is 0. The van der Waals surface area contributed by atoms with Gasteiger partial charge in [0.1, 0.15) is 0 Å². The number of benzene rings is 1. The molecule has 0 radical (unpaired) electrons. The molecule has 134 valence electrons. The smallest absolute Gasteiger partial charge is 0.269 e. The molecule has 0 saturated carbocycles. The maximum atomic E-state index is 12.0. The van der Waals surface area contributed by atoms with Crippen molar-refractivity contribution in [2.45, 2.75) is 13.3 Å². The van der Waals surface area contributed by atoms with Crippen LogP contribution in [0, 0.1) is 0 Å². The van der Waals surface area contributed by atoms with Gasteiger partial charge in [-0.1, -0.05) is 6.58 Å². The SMILES string of the molecule is C=C(CC(=O)Nc1cccnc1)NNC(=O)c1ccc(NC(C)=O)cc1. The Balaban J connectivity index is 1.78. The van der Waals surface area contributed by atoms with Gasteiger partial charge >= 0.3 is 0 Å². The van der Waals surface area contributed by atoms with Gasteiger partial charge in [0, 0.05) is 30.1 Å². The van der Waals surface area contributed by atoms with Crippen LogP contribution >= 0.6 is 0 Å². The van der Waals surface area contributed by atoms with E-state index in [4.69, 9.17) is 0 Å². The van der Waals surface area contributed by atoms with Crippen LogP contribution in [0.1, 0.15) is 23.7 Å². The molecule has 8 heteroatoms. The summed E-state index contributed by atoms with van der Waals surface area (Å²) in [6.07, 6.45) is 3.12. The molecule has 3 amide bonds. The summed E-state index contributed by atoms with van der Waals surface area (Å²) in [6.45, 7) is 5.10. The van der Waals surface area contributed by atoms with Crippen LogP contribution in [0.25, 0.3) is 0 Å². The van der Waals surface area contributed by atoms with E-state index >= 15 is 0 Å². The number of aromatic nitrogens is 1. The van der Waals surface area contributed by atoms with Gasteiger partial charge < -0.3 is 16.1 Å². The summed E-state index contributed by atoms with van der Waals surface area (Å²) in [5.74, 6) is -0.873. The van der Waals surface area contributed by atoms with Crippen LogP contribution < -0.4 is 21.5 Å². The Morgan fingerprint density at radius 2 is 1.73 bits per heavy atom. The molecule has 0 bridgehead atoms. The molecule has 0 aliphatic rings. The fraction of sp³-hybridized carbons (Fsp3) is 0.111. The molecule has 1 heterocycles. The molecule has 0 atom stereocenters. The van der Waals surface area contributed by atoms with Crippen molar-refractivity contribution < 1.29 is 14.4 Å². The minimum atomic E-state index is -0.395. The molecule has 0 aliphatic carbocycles. The van der Waals surface area contributed by atoms with Crippen molar-refractivity contribution in [3.63, 3.8) is 0 Å². The van der Waals surface area contributed by atoms with E-state index in [1.54, 1.807) is 42.6 Å². The summed E-state index contributed by atoms with van der Waals surface area (Å²) in [5.41, 5.74) is 6.95. The van der Waals surface area contributed by atoms with E-state index in [0.717, 1.165) is 0 Å². The normalized spacial score (nSPS) is 9.73. The fourth-order valence-electron chi connectivity index (χ4n) is 2.01. The van der Waals surface area contributed by atoms with Crippen molar-refractivity contribution in [3.8, 4) is 0 Å². The lowest BCUT2D eigenvalue weighted by Gasteiger charge is -2.11. The van der Waals surface area contributed by atoms with Crippen LogP contribution in [0.15, 0.2) is 61.1 Å². The monoisotopic (exact) mass is 353 g/mol. The Labute approximate surface area is 150 Å². The third-order valence-electron chi connectivity index (χ3n) is 3.14. The second-order valence-corrected chi connectivity index (χ2v) is 5.41. The zero-order chi connectivity index (χ0) is 18.9. The molecule has 26 heavy (non-hydrogen) atoms. The number of amides is 3. The fourth-order valence-corrected chi connectivity index (χ4v) is 2.01. The first-order valence-electron chi connectivity index (χ1n) is 7.75. The van der Waals surface area contributed by atoms with Crippen LogP contribution in [-0.2, 0) is 9.59 Å². The van der Waals surface area contributed by atoms with Crippen LogP contribution in [0.2, 0.25) is 0 Å². The minimum Gasteiger partial charge on any atom is -0.326 e. The highest BCUT2D eigenvalue weighted by Gasteiger charge is 2.08. The van der Waals surface area contributed by atoms with Gasteiger partial charge in [-0.3, -0.25) is 24.8 Å². The summed E-state index contributed by atoms with van der Waals surface area (Å²) in [4.78, 5) is 38.8. The molecule has 4 N–H and O–H groups in total. The summed E-state index contributed by atoms with van der Waals surface area (Å²) in [6, 6.07) is 9.80. The summed E-state index contributed by atoms with van der Waals surface area (Å²) < 4.78 is 0. The largest absolute Gasteiger partial charge is 0.326 e. The van der Waals surface area contributed by atoms with Crippen molar-refractivity contribution >= 4 is 29.1 Å². The van der Waals surface area contributed by atoms with Crippen molar-refractivity contribution in [2.24, 2.45) is 0 Å². The molecule has 0 saturated heterocycles. The molecule has 0 spiro atoms. The molecule has 0 fully saturated rings. The van der Waals surface area contributed by atoms with Gasteiger partial charge in [0.15, 0.2) is 0 Å². The highest BCUT2D eigenvalue weighted by Crippen LogP contribution is 2.09. The van der Waals surface area contributed by atoms with Gasteiger partial charge in [-0.05, 0) is 36.4 Å². The Morgan fingerprint density at radius 1 is 1.00 bits per heavy atom. The summed E-state index contributed by atoms with van der Waals surface area (Å²) in [7, 11) is 0. The Kier molecular flexibility index (Phi) is 6.44. The second kappa shape index (κ2) is 8.97. The average molecular weight is 353 g/mol. The van der Waals surface area contributed by atoms with Gasteiger partial charge in [-0.2, -0.15) is 0 Å². The number of nitrogens with zero attached hydrogens (tertiary/aromatic N) is 1. The van der Waals surface area contributed by atoms with Gasteiger partial charge in [0.25, 0.3) is 5.91 Å². The van der Waals surface area contributed by atoms with E-state index in [9.17, 15) is 14.4 Å². The lowest BCUT2D eigenvalue weighted by Crippen LogP contribution is -2.37. The molecule has 1 aromatic heterocycles. The highest BCUT2D eigenvalue weighted by atomic mass is 16.2. The van der Waals surface area contributed by atoms with Gasteiger partial charge in [0.05, 0.1) is 18.3 Å². The first kappa shape index (κ1) is 18.7.